The Bertz CT molecular complexity index is 675. The summed E-state index contributed by atoms with van der Waals surface area (Å²) in [5.74, 6) is -0.365. The fourth-order valence-electron chi connectivity index (χ4n) is 1.49. The van der Waals surface area contributed by atoms with Gasteiger partial charge in [-0.1, -0.05) is 6.07 Å². The summed E-state index contributed by atoms with van der Waals surface area (Å²) in [6, 6.07) is 9.63. The molecule has 0 saturated heterocycles. The topological polar surface area (TPSA) is 83.2 Å². The van der Waals surface area contributed by atoms with E-state index in [1.807, 2.05) is 6.07 Å². The van der Waals surface area contributed by atoms with E-state index in [1.165, 1.54) is 24.4 Å². The molecule has 2 aromatic rings. The number of nitriles is 1. The number of carboxylic acids is 1. The van der Waals surface area contributed by atoms with Gasteiger partial charge in [-0.3, -0.25) is 0 Å². The lowest BCUT2D eigenvalue weighted by molar-refractivity contribution is 0.0696. The van der Waals surface area contributed by atoms with Crippen LogP contribution in [0.4, 0.5) is 0 Å². The van der Waals surface area contributed by atoms with Gasteiger partial charge in [-0.2, -0.15) is 5.26 Å². The number of hydrogen-bond acceptors (Lipinski definition) is 4. The summed E-state index contributed by atoms with van der Waals surface area (Å²) < 4.78 is 5.52. The number of nitrogens with zero attached hydrogens (tertiary/aromatic N) is 2. The Labute approximate surface area is 109 Å². The van der Waals surface area contributed by atoms with Crippen LogP contribution in [0.25, 0.3) is 0 Å². The minimum Gasteiger partial charge on any atom is -0.478 e. The molecule has 0 fully saturated rings. The minimum absolute atomic E-state index is 0.136. The molecule has 1 aromatic carbocycles. The van der Waals surface area contributed by atoms with Gasteiger partial charge in [0.05, 0.1) is 17.2 Å². The monoisotopic (exact) mass is 254 g/mol. The van der Waals surface area contributed by atoms with Crippen molar-refractivity contribution in [3.63, 3.8) is 0 Å². The first-order valence-electron chi connectivity index (χ1n) is 5.48. The molecular formula is C14H10N2O3. The van der Waals surface area contributed by atoms with Crippen molar-refractivity contribution >= 4 is 5.97 Å². The Morgan fingerprint density at radius 3 is 2.84 bits per heavy atom. The molecule has 19 heavy (non-hydrogen) atoms. The quantitative estimate of drug-likeness (QED) is 0.910. The molecule has 0 aliphatic rings. The molecule has 0 unspecified atom stereocenters. The summed E-state index contributed by atoms with van der Waals surface area (Å²) in [4.78, 5) is 14.9. The number of aromatic carboxylic acids is 1. The van der Waals surface area contributed by atoms with Crippen LogP contribution < -0.4 is 4.74 Å². The van der Waals surface area contributed by atoms with Crippen molar-refractivity contribution in [2.75, 3.05) is 0 Å². The van der Waals surface area contributed by atoms with Gasteiger partial charge in [0, 0.05) is 12.3 Å². The van der Waals surface area contributed by atoms with Crippen LogP contribution in [-0.4, -0.2) is 16.1 Å². The van der Waals surface area contributed by atoms with Crippen LogP contribution in [0.2, 0.25) is 0 Å². The van der Waals surface area contributed by atoms with E-state index >= 15 is 0 Å². The number of rotatable bonds is 3. The molecule has 0 radical (unpaired) electrons. The maximum Gasteiger partial charge on any atom is 0.335 e. The van der Waals surface area contributed by atoms with Gasteiger partial charge < -0.3 is 9.84 Å². The predicted octanol–water partition coefficient (Wildman–Crippen LogP) is 2.75. The van der Waals surface area contributed by atoms with E-state index in [9.17, 15) is 4.79 Å². The molecule has 94 valence electrons. The van der Waals surface area contributed by atoms with Crippen LogP contribution in [0, 0.1) is 18.3 Å². The summed E-state index contributed by atoms with van der Waals surface area (Å²) >= 11 is 0. The maximum absolute atomic E-state index is 10.9. The third-order valence-electron chi connectivity index (χ3n) is 2.51. The third kappa shape index (κ3) is 2.87. The Balaban J connectivity index is 2.34. The summed E-state index contributed by atoms with van der Waals surface area (Å²) in [6.07, 6.45) is 1.46. The zero-order valence-electron chi connectivity index (χ0n) is 10.1. The summed E-state index contributed by atoms with van der Waals surface area (Å²) in [5, 5.41) is 17.7. The van der Waals surface area contributed by atoms with Crippen molar-refractivity contribution in [2.24, 2.45) is 0 Å². The molecule has 0 amide bonds. The standard InChI is InChI=1S/C14H10N2O3/c1-9-2-3-11(14(17)18)7-12(9)19-13-6-10(8-15)4-5-16-13/h2-7H,1H3,(H,17,18). The molecule has 5 heteroatoms. The van der Waals surface area contributed by atoms with E-state index in [0.29, 0.717) is 11.3 Å². The van der Waals surface area contributed by atoms with E-state index in [0.717, 1.165) is 5.56 Å². The number of ether oxygens (including phenoxy) is 1. The Morgan fingerprint density at radius 2 is 2.16 bits per heavy atom. The van der Waals surface area contributed by atoms with Gasteiger partial charge in [-0.05, 0) is 30.7 Å². The summed E-state index contributed by atoms with van der Waals surface area (Å²) in [5.41, 5.74) is 1.35. The average Bonchev–Trinajstić information content (AvgIpc) is 2.41. The maximum atomic E-state index is 10.9. The van der Waals surface area contributed by atoms with Crippen molar-refractivity contribution in [3.05, 3.63) is 53.2 Å². The second-order valence-corrected chi connectivity index (χ2v) is 3.88. The van der Waals surface area contributed by atoms with Crippen molar-refractivity contribution in [1.29, 1.82) is 5.26 Å². The first kappa shape index (κ1) is 12.6. The normalized spacial score (nSPS) is 9.68. The smallest absolute Gasteiger partial charge is 0.335 e. The molecule has 0 aliphatic heterocycles. The van der Waals surface area contributed by atoms with Crippen molar-refractivity contribution in [3.8, 4) is 17.7 Å². The third-order valence-corrected chi connectivity index (χ3v) is 2.51. The molecule has 1 heterocycles. The second-order valence-electron chi connectivity index (χ2n) is 3.88. The first-order valence-corrected chi connectivity index (χ1v) is 5.48. The lowest BCUT2D eigenvalue weighted by Crippen LogP contribution is -1.98. The van der Waals surface area contributed by atoms with Gasteiger partial charge in [0.15, 0.2) is 0 Å². The van der Waals surface area contributed by atoms with Crippen LogP contribution in [0.15, 0.2) is 36.5 Å². The van der Waals surface area contributed by atoms with E-state index in [2.05, 4.69) is 4.98 Å². The molecular weight excluding hydrogens is 244 g/mol. The van der Waals surface area contributed by atoms with E-state index in [-0.39, 0.29) is 11.4 Å². The molecule has 0 bridgehead atoms. The number of aromatic nitrogens is 1. The van der Waals surface area contributed by atoms with Gasteiger partial charge in [0.25, 0.3) is 0 Å². The van der Waals surface area contributed by atoms with Crippen molar-refractivity contribution < 1.29 is 14.6 Å². The number of benzene rings is 1. The zero-order chi connectivity index (χ0) is 13.8. The largest absolute Gasteiger partial charge is 0.478 e. The van der Waals surface area contributed by atoms with E-state index in [1.54, 1.807) is 19.1 Å². The number of hydrogen-bond donors (Lipinski definition) is 1. The lowest BCUT2D eigenvalue weighted by atomic mass is 10.1. The average molecular weight is 254 g/mol. The molecule has 0 atom stereocenters. The molecule has 1 aromatic heterocycles. The predicted molar refractivity (Wildman–Crippen MR) is 67.2 cm³/mol. The molecule has 2 rings (SSSR count). The van der Waals surface area contributed by atoms with Crippen LogP contribution in [0.1, 0.15) is 21.5 Å². The number of carboxylic acid groups (broad SMARTS) is 1. The van der Waals surface area contributed by atoms with Gasteiger partial charge >= 0.3 is 5.97 Å². The van der Waals surface area contributed by atoms with Gasteiger partial charge in [-0.25, -0.2) is 9.78 Å². The number of aryl methyl sites for hydroxylation is 1. The molecule has 1 N–H and O–H groups in total. The highest BCUT2D eigenvalue weighted by Gasteiger charge is 2.08. The zero-order valence-corrected chi connectivity index (χ0v) is 10.1. The van der Waals surface area contributed by atoms with Crippen LogP contribution >= 0.6 is 0 Å². The highest BCUT2D eigenvalue weighted by Crippen LogP contribution is 2.25. The molecule has 0 aliphatic carbocycles. The Kier molecular flexibility index (Phi) is 3.44. The molecule has 0 spiro atoms. The fourth-order valence-corrected chi connectivity index (χ4v) is 1.49. The van der Waals surface area contributed by atoms with Crippen LogP contribution in [-0.2, 0) is 0 Å². The SMILES string of the molecule is Cc1ccc(C(=O)O)cc1Oc1cc(C#N)ccn1. The minimum atomic E-state index is -1.02. The van der Waals surface area contributed by atoms with Crippen LogP contribution in [0.5, 0.6) is 11.6 Å². The van der Waals surface area contributed by atoms with E-state index in [4.69, 9.17) is 15.1 Å². The van der Waals surface area contributed by atoms with Crippen molar-refractivity contribution in [1.82, 2.24) is 4.98 Å². The van der Waals surface area contributed by atoms with Crippen molar-refractivity contribution in [2.45, 2.75) is 6.92 Å². The molecule has 0 saturated carbocycles. The lowest BCUT2D eigenvalue weighted by Gasteiger charge is -2.08. The highest BCUT2D eigenvalue weighted by molar-refractivity contribution is 5.88. The second kappa shape index (κ2) is 5.19. The number of carbonyl (C=O) groups is 1. The highest BCUT2D eigenvalue weighted by atomic mass is 16.5. The Morgan fingerprint density at radius 1 is 1.37 bits per heavy atom. The summed E-state index contributed by atoms with van der Waals surface area (Å²) in [6.45, 7) is 1.80. The van der Waals surface area contributed by atoms with Crippen LogP contribution in [0.3, 0.4) is 0 Å². The Hall–Kier alpha value is -2.87. The summed E-state index contributed by atoms with van der Waals surface area (Å²) in [7, 11) is 0. The fraction of sp³-hybridized carbons (Fsp3) is 0.0714. The molecule has 5 nitrogen and oxygen atoms in total. The number of pyridine rings is 1. The van der Waals surface area contributed by atoms with E-state index < -0.39 is 5.97 Å². The van der Waals surface area contributed by atoms with Gasteiger partial charge in [0.2, 0.25) is 5.88 Å². The first-order chi connectivity index (χ1) is 9.10. The van der Waals surface area contributed by atoms with Gasteiger partial charge in [-0.15, -0.1) is 0 Å². The van der Waals surface area contributed by atoms with Gasteiger partial charge in [0.1, 0.15) is 5.75 Å².